The number of benzene rings is 1. The largest absolute Gasteiger partial charge is 0.480 e. The molecule has 20 heavy (non-hydrogen) atoms. The topological polar surface area (TPSA) is 84.2 Å². The first-order valence-corrected chi connectivity index (χ1v) is 6.25. The fourth-order valence-electron chi connectivity index (χ4n) is 1.49. The number of carbonyl (C=O) groups is 2. The van der Waals surface area contributed by atoms with Crippen LogP contribution in [0.15, 0.2) is 35.1 Å². The lowest BCUT2D eigenvalue weighted by Gasteiger charge is -2.05. The Morgan fingerprint density at radius 3 is 2.85 bits per heavy atom. The number of amides is 1. The number of rotatable bonds is 4. The Hall–Kier alpha value is -2.22. The molecule has 0 atom stereocenters. The number of hydrogen-bond acceptors (Lipinski definition) is 3. The van der Waals surface area contributed by atoms with Crippen LogP contribution in [0.25, 0.3) is 0 Å². The maximum absolute atomic E-state index is 13.6. The minimum atomic E-state index is -1.07. The van der Waals surface area contributed by atoms with E-state index in [2.05, 4.69) is 26.3 Å². The number of anilines is 1. The molecule has 0 aliphatic rings. The molecule has 0 unspecified atom stereocenters. The Kier molecular flexibility index (Phi) is 4.14. The van der Waals surface area contributed by atoms with Crippen LogP contribution < -0.4 is 5.32 Å². The summed E-state index contributed by atoms with van der Waals surface area (Å²) in [6, 6.07) is 4.23. The number of halogens is 2. The van der Waals surface area contributed by atoms with Crippen LogP contribution >= 0.6 is 15.9 Å². The normalized spacial score (nSPS) is 10.3. The molecule has 1 heterocycles. The van der Waals surface area contributed by atoms with Crippen LogP contribution in [0.3, 0.4) is 0 Å². The SMILES string of the molecule is O=C(O)Cn1cc(C(=O)Nc2ccc(Br)cc2F)cn1. The van der Waals surface area contributed by atoms with E-state index in [0.717, 1.165) is 4.68 Å². The Balaban J connectivity index is 2.11. The standard InChI is InChI=1S/C12H9BrFN3O3/c13-8-1-2-10(9(14)3-8)16-12(20)7-4-15-17(5-7)6-11(18)19/h1-5H,6H2,(H,16,20)(H,18,19). The van der Waals surface area contributed by atoms with E-state index in [1.165, 1.54) is 24.5 Å². The minimum absolute atomic E-state index is 0.0317. The predicted molar refractivity (Wildman–Crippen MR) is 71.9 cm³/mol. The number of aliphatic carboxylic acids is 1. The molecule has 0 spiro atoms. The van der Waals surface area contributed by atoms with Gasteiger partial charge in [-0.05, 0) is 18.2 Å². The third kappa shape index (κ3) is 3.41. The van der Waals surface area contributed by atoms with Crippen molar-refractivity contribution in [3.8, 4) is 0 Å². The van der Waals surface area contributed by atoms with Crippen molar-refractivity contribution in [2.45, 2.75) is 6.54 Å². The fourth-order valence-corrected chi connectivity index (χ4v) is 1.82. The van der Waals surface area contributed by atoms with Crippen molar-refractivity contribution in [1.82, 2.24) is 9.78 Å². The van der Waals surface area contributed by atoms with Crippen LogP contribution in [0.5, 0.6) is 0 Å². The summed E-state index contributed by atoms with van der Waals surface area (Å²) in [5, 5.41) is 14.7. The Bertz CT molecular complexity index is 672. The van der Waals surface area contributed by atoms with Crippen LogP contribution in [0, 0.1) is 5.82 Å². The average molecular weight is 342 g/mol. The van der Waals surface area contributed by atoms with Gasteiger partial charge in [0.1, 0.15) is 12.4 Å². The molecular weight excluding hydrogens is 333 g/mol. The number of nitrogens with zero attached hydrogens (tertiary/aromatic N) is 2. The van der Waals surface area contributed by atoms with Gasteiger partial charge in [0.25, 0.3) is 5.91 Å². The van der Waals surface area contributed by atoms with Crippen molar-refractivity contribution in [2.24, 2.45) is 0 Å². The molecule has 1 amide bonds. The van der Waals surface area contributed by atoms with Gasteiger partial charge in [-0.25, -0.2) is 4.39 Å². The van der Waals surface area contributed by atoms with Gasteiger partial charge in [0, 0.05) is 10.7 Å². The lowest BCUT2D eigenvalue weighted by molar-refractivity contribution is -0.137. The van der Waals surface area contributed by atoms with Gasteiger partial charge in [0.05, 0.1) is 17.4 Å². The number of aromatic nitrogens is 2. The van der Waals surface area contributed by atoms with Gasteiger partial charge in [-0.3, -0.25) is 14.3 Å². The van der Waals surface area contributed by atoms with Crippen LogP contribution in [-0.2, 0) is 11.3 Å². The fraction of sp³-hybridized carbons (Fsp3) is 0.0833. The first kappa shape index (κ1) is 14.2. The van der Waals surface area contributed by atoms with Crippen LogP contribution in [0.2, 0.25) is 0 Å². The van der Waals surface area contributed by atoms with Crippen molar-refractivity contribution in [3.05, 3.63) is 46.4 Å². The second-order valence-electron chi connectivity index (χ2n) is 3.90. The van der Waals surface area contributed by atoms with Crippen molar-refractivity contribution >= 4 is 33.5 Å². The average Bonchev–Trinajstić information content (AvgIpc) is 2.80. The monoisotopic (exact) mass is 341 g/mol. The summed E-state index contributed by atoms with van der Waals surface area (Å²) in [5.74, 6) is -2.22. The molecule has 2 aromatic rings. The van der Waals surface area contributed by atoms with E-state index in [1.54, 1.807) is 6.07 Å². The van der Waals surface area contributed by atoms with E-state index in [0.29, 0.717) is 4.47 Å². The molecule has 0 bridgehead atoms. The van der Waals surface area contributed by atoms with Crippen LogP contribution in [0.4, 0.5) is 10.1 Å². The Morgan fingerprint density at radius 1 is 1.45 bits per heavy atom. The summed E-state index contributed by atoms with van der Waals surface area (Å²) in [5.41, 5.74) is 0.178. The van der Waals surface area contributed by atoms with E-state index in [-0.39, 0.29) is 17.8 Å². The van der Waals surface area contributed by atoms with Gasteiger partial charge in [-0.2, -0.15) is 5.10 Å². The third-order valence-electron chi connectivity index (χ3n) is 2.37. The molecule has 0 saturated carbocycles. The second kappa shape index (κ2) is 5.83. The van der Waals surface area contributed by atoms with Crippen LogP contribution in [0.1, 0.15) is 10.4 Å². The van der Waals surface area contributed by atoms with Gasteiger partial charge in [-0.1, -0.05) is 15.9 Å². The molecule has 0 aliphatic heterocycles. The Labute approximate surface area is 121 Å². The summed E-state index contributed by atoms with van der Waals surface area (Å²) >= 11 is 3.11. The van der Waals surface area contributed by atoms with Crippen LogP contribution in [-0.4, -0.2) is 26.8 Å². The highest BCUT2D eigenvalue weighted by Crippen LogP contribution is 2.19. The summed E-state index contributed by atoms with van der Waals surface area (Å²) in [6.07, 6.45) is 2.50. The van der Waals surface area contributed by atoms with Gasteiger partial charge in [0.2, 0.25) is 0 Å². The van der Waals surface area contributed by atoms with Gasteiger partial charge >= 0.3 is 5.97 Å². The van der Waals surface area contributed by atoms with E-state index in [1.807, 2.05) is 0 Å². The maximum atomic E-state index is 13.6. The lowest BCUT2D eigenvalue weighted by atomic mass is 10.2. The Morgan fingerprint density at radius 2 is 2.20 bits per heavy atom. The smallest absolute Gasteiger partial charge is 0.325 e. The molecule has 2 N–H and O–H groups in total. The summed E-state index contributed by atoms with van der Waals surface area (Å²) in [7, 11) is 0. The first-order chi connectivity index (χ1) is 9.45. The summed E-state index contributed by atoms with van der Waals surface area (Å²) in [4.78, 5) is 22.4. The molecular formula is C12H9BrFN3O3. The number of carboxylic acid groups (broad SMARTS) is 1. The van der Waals surface area contributed by atoms with Crippen molar-refractivity contribution in [2.75, 3.05) is 5.32 Å². The summed E-state index contributed by atoms with van der Waals surface area (Å²) < 4.78 is 15.2. The van der Waals surface area contributed by atoms with Crippen molar-refractivity contribution < 1.29 is 19.1 Å². The molecule has 2 rings (SSSR count). The van der Waals surface area contributed by atoms with E-state index in [9.17, 15) is 14.0 Å². The number of nitrogens with one attached hydrogen (secondary N) is 1. The highest BCUT2D eigenvalue weighted by Gasteiger charge is 2.12. The molecule has 0 fully saturated rings. The summed E-state index contributed by atoms with van der Waals surface area (Å²) in [6.45, 7) is -0.347. The molecule has 0 saturated heterocycles. The zero-order valence-electron chi connectivity index (χ0n) is 10.0. The number of hydrogen-bond donors (Lipinski definition) is 2. The molecule has 6 nitrogen and oxygen atoms in total. The molecule has 104 valence electrons. The maximum Gasteiger partial charge on any atom is 0.325 e. The zero-order chi connectivity index (χ0) is 14.7. The lowest BCUT2D eigenvalue weighted by Crippen LogP contribution is -2.13. The predicted octanol–water partition coefficient (Wildman–Crippen LogP) is 2.12. The van der Waals surface area contributed by atoms with Gasteiger partial charge in [-0.15, -0.1) is 0 Å². The highest BCUT2D eigenvalue weighted by atomic mass is 79.9. The number of carboxylic acids is 1. The third-order valence-corrected chi connectivity index (χ3v) is 2.87. The van der Waals surface area contributed by atoms with Gasteiger partial charge < -0.3 is 10.4 Å². The van der Waals surface area contributed by atoms with E-state index >= 15 is 0 Å². The minimum Gasteiger partial charge on any atom is -0.480 e. The van der Waals surface area contributed by atoms with Crippen molar-refractivity contribution in [3.63, 3.8) is 0 Å². The molecule has 1 aromatic carbocycles. The quantitative estimate of drug-likeness (QED) is 0.892. The highest BCUT2D eigenvalue weighted by molar-refractivity contribution is 9.10. The van der Waals surface area contributed by atoms with E-state index in [4.69, 9.17) is 5.11 Å². The molecule has 0 aliphatic carbocycles. The van der Waals surface area contributed by atoms with E-state index < -0.39 is 17.7 Å². The van der Waals surface area contributed by atoms with Crippen molar-refractivity contribution in [1.29, 1.82) is 0 Å². The molecule has 0 radical (unpaired) electrons. The molecule has 8 heteroatoms. The molecule has 1 aromatic heterocycles. The first-order valence-electron chi connectivity index (χ1n) is 5.46. The second-order valence-corrected chi connectivity index (χ2v) is 4.81. The van der Waals surface area contributed by atoms with Gasteiger partial charge in [0.15, 0.2) is 0 Å². The zero-order valence-corrected chi connectivity index (χ0v) is 11.6. The number of carbonyl (C=O) groups excluding carboxylic acids is 1.